The lowest BCUT2D eigenvalue weighted by atomic mass is 9.92. The molecule has 0 bridgehead atoms. The molecule has 4 rings (SSSR count). The van der Waals surface area contributed by atoms with E-state index in [0.717, 1.165) is 41.8 Å². The summed E-state index contributed by atoms with van der Waals surface area (Å²) in [4.78, 5) is 26.3. The van der Waals surface area contributed by atoms with E-state index in [4.69, 9.17) is 11.2 Å². The summed E-state index contributed by atoms with van der Waals surface area (Å²) < 4.78 is 5.68. The molecule has 6 nitrogen and oxygen atoms in total. The molecule has 0 aliphatic carbocycles. The van der Waals surface area contributed by atoms with Crippen molar-refractivity contribution in [2.45, 2.75) is 6.42 Å². The molecular formula is C24H20N4O2. The van der Waals surface area contributed by atoms with Crippen molar-refractivity contribution in [2.75, 3.05) is 13.1 Å². The summed E-state index contributed by atoms with van der Waals surface area (Å²) in [5.41, 5.74) is 3.64. The Balaban J connectivity index is 1.41. The van der Waals surface area contributed by atoms with Crippen molar-refractivity contribution >= 4 is 5.91 Å². The van der Waals surface area contributed by atoms with Gasteiger partial charge in [0.25, 0.3) is 0 Å². The maximum atomic E-state index is 11.6. The number of carbonyl (C=O) groups excluding carboxylic acids is 1. The number of benzene rings is 1. The minimum Gasteiger partial charge on any atom is -0.424 e. The number of ether oxygens (including phenoxy) is 1. The lowest BCUT2D eigenvalue weighted by Crippen LogP contribution is -2.50. The Morgan fingerprint density at radius 2 is 2.00 bits per heavy atom. The van der Waals surface area contributed by atoms with E-state index in [-0.39, 0.29) is 11.9 Å². The van der Waals surface area contributed by atoms with Crippen LogP contribution in [0.15, 0.2) is 67.8 Å². The first-order valence-corrected chi connectivity index (χ1v) is 9.57. The van der Waals surface area contributed by atoms with Crippen molar-refractivity contribution in [1.82, 2.24) is 19.9 Å². The smallest absolute Gasteiger partial charge is 0.321 e. The third-order valence-corrected chi connectivity index (χ3v) is 4.93. The number of hydrogen-bond donors (Lipinski definition) is 0. The minimum absolute atomic E-state index is 0.0106. The van der Waals surface area contributed by atoms with Gasteiger partial charge >= 0.3 is 6.01 Å². The number of carbonyl (C=O) groups is 1. The first-order chi connectivity index (χ1) is 14.6. The normalized spacial score (nSPS) is 13.2. The quantitative estimate of drug-likeness (QED) is 0.471. The molecule has 1 saturated heterocycles. The number of amides is 1. The van der Waals surface area contributed by atoms with Gasteiger partial charge in [0.1, 0.15) is 5.75 Å². The number of pyridine rings is 1. The molecule has 1 aliphatic heterocycles. The van der Waals surface area contributed by atoms with Crippen LogP contribution in [0.4, 0.5) is 0 Å². The predicted molar refractivity (Wildman–Crippen MR) is 114 cm³/mol. The average Bonchev–Trinajstić information content (AvgIpc) is 2.76. The second-order valence-electron chi connectivity index (χ2n) is 7.13. The molecular weight excluding hydrogens is 376 g/mol. The van der Waals surface area contributed by atoms with Crippen LogP contribution < -0.4 is 4.74 Å². The Morgan fingerprint density at radius 1 is 1.20 bits per heavy atom. The second-order valence-corrected chi connectivity index (χ2v) is 7.13. The van der Waals surface area contributed by atoms with E-state index in [0.29, 0.717) is 11.7 Å². The number of nitrogens with zero attached hydrogens (tertiary/aromatic N) is 4. The highest BCUT2D eigenvalue weighted by Gasteiger charge is 2.29. The molecule has 30 heavy (non-hydrogen) atoms. The molecule has 0 atom stereocenters. The van der Waals surface area contributed by atoms with Gasteiger partial charge in [-0.15, -0.1) is 6.42 Å². The number of likely N-dealkylation sites (tertiary alicyclic amines) is 1. The van der Waals surface area contributed by atoms with E-state index >= 15 is 0 Å². The predicted octanol–water partition coefficient (Wildman–Crippen LogP) is 3.50. The van der Waals surface area contributed by atoms with Gasteiger partial charge in [-0.2, -0.15) is 0 Å². The number of hydrogen-bond acceptors (Lipinski definition) is 5. The number of terminal acetylenes is 1. The first kappa shape index (κ1) is 19.3. The standard InChI is InChI=1S/C24H20N4O2/c1-3-17-6-5-7-22(10-17)30-24-26-13-21(14-27-24)20-9-18(11-25-12-20)8-19-15-28(16-19)23(29)4-2/h1,4-7,9-14,19H,2,8,15-16H2. The van der Waals surface area contributed by atoms with Crippen molar-refractivity contribution in [3.05, 3.63) is 78.9 Å². The first-order valence-electron chi connectivity index (χ1n) is 9.57. The molecule has 1 aliphatic rings. The van der Waals surface area contributed by atoms with E-state index in [2.05, 4.69) is 33.5 Å². The number of aromatic nitrogens is 3. The lowest BCUT2D eigenvalue weighted by molar-refractivity contribution is -0.132. The van der Waals surface area contributed by atoms with Crippen LogP contribution in [0.5, 0.6) is 11.8 Å². The largest absolute Gasteiger partial charge is 0.424 e. The van der Waals surface area contributed by atoms with Gasteiger partial charge in [0.15, 0.2) is 0 Å². The fourth-order valence-corrected chi connectivity index (χ4v) is 3.37. The molecule has 0 saturated carbocycles. The molecule has 0 radical (unpaired) electrons. The van der Waals surface area contributed by atoms with E-state index in [1.54, 1.807) is 35.6 Å². The van der Waals surface area contributed by atoms with Crippen LogP contribution in [0.2, 0.25) is 0 Å². The molecule has 3 aromatic rings. The van der Waals surface area contributed by atoms with Gasteiger partial charge in [0, 0.05) is 54.6 Å². The molecule has 6 heteroatoms. The highest BCUT2D eigenvalue weighted by molar-refractivity contribution is 5.87. The van der Waals surface area contributed by atoms with Gasteiger partial charge in [-0.1, -0.05) is 18.6 Å². The average molecular weight is 396 g/mol. The van der Waals surface area contributed by atoms with Crippen molar-refractivity contribution in [3.8, 4) is 35.2 Å². The van der Waals surface area contributed by atoms with Gasteiger partial charge in [-0.25, -0.2) is 9.97 Å². The fourth-order valence-electron chi connectivity index (χ4n) is 3.37. The summed E-state index contributed by atoms with van der Waals surface area (Å²) in [5.74, 6) is 3.59. The Hall–Kier alpha value is -3.98. The minimum atomic E-state index is -0.0106. The molecule has 148 valence electrons. The Morgan fingerprint density at radius 3 is 2.73 bits per heavy atom. The fraction of sp³-hybridized carbons (Fsp3) is 0.167. The summed E-state index contributed by atoms with van der Waals surface area (Å²) in [6, 6.07) is 9.55. The SMILES string of the molecule is C#Cc1cccc(Oc2ncc(-c3cncc(CC4CN(C(=O)C=C)C4)c3)cn2)c1. The Labute approximate surface area is 175 Å². The summed E-state index contributed by atoms with van der Waals surface area (Å²) in [6.45, 7) is 5.04. The zero-order chi connectivity index (χ0) is 20.9. The van der Waals surface area contributed by atoms with E-state index in [1.165, 1.54) is 6.08 Å². The zero-order valence-corrected chi connectivity index (χ0v) is 16.4. The van der Waals surface area contributed by atoms with Crippen molar-refractivity contribution < 1.29 is 9.53 Å². The van der Waals surface area contributed by atoms with E-state index in [1.807, 2.05) is 18.3 Å². The third-order valence-electron chi connectivity index (χ3n) is 4.93. The van der Waals surface area contributed by atoms with E-state index in [9.17, 15) is 4.79 Å². The van der Waals surface area contributed by atoms with Crippen molar-refractivity contribution in [3.63, 3.8) is 0 Å². The van der Waals surface area contributed by atoms with Gasteiger partial charge in [0.05, 0.1) is 0 Å². The van der Waals surface area contributed by atoms with Crippen LogP contribution in [-0.2, 0) is 11.2 Å². The molecule has 3 heterocycles. The van der Waals surface area contributed by atoms with Gasteiger partial charge in [0.2, 0.25) is 5.91 Å². The number of rotatable bonds is 6. The van der Waals surface area contributed by atoms with Crippen molar-refractivity contribution in [1.29, 1.82) is 0 Å². The van der Waals surface area contributed by atoms with Crippen LogP contribution in [0.3, 0.4) is 0 Å². The van der Waals surface area contributed by atoms with Crippen LogP contribution >= 0.6 is 0 Å². The lowest BCUT2D eigenvalue weighted by Gasteiger charge is -2.38. The van der Waals surface area contributed by atoms with Crippen LogP contribution in [0.25, 0.3) is 11.1 Å². The zero-order valence-electron chi connectivity index (χ0n) is 16.4. The Bertz CT molecular complexity index is 1110. The van der Waals surface area contributed by atoms with Crippen LogP contribution in [0.1, 0.15) is 11.1 Å². The maximum absolute atomic E-state index is 11.6. The second kappa shape index (κ2) is 8.58. The highest BCUT2D eigenvalue weighted by atomic mass is 16.5. The third kappa shape index (κ3) is 4.36. The van der Waals surface area contributed by atoms with Gasteiger partial charge < -0.3 is 9.64 Å². The molecule has 0 N–H and O–H groups in total. The van der Waals surface area contributed by atoms with Gasteiger partial charge in [-0.05, 0) is 48.2 Å². The van der Waals surface area contributed by atoms with E-state index < -0.39 is 0 Å². The monoisotopic (exact) mass is 396 g/mol. The summed E-state index contributed by atoms with van der Waals surface area (Å²) in [7, 11) is 0. The summed E-state index contributed by atoms with van der Waals surface area (Å²) >= 11 is 0. The van der Waals surface area contributed by atoms with Crippen LogP contribution in [0, 0.1) is 18.3 Å². The molecule has 1 fully saturated rings. The summed E-state index contributed by atoms with van der Waals surface area (Å²) in [5, 5.41) is 0. The molecule has 0 unspecified atom stereocenters. The highest BCUT2D eigenvalue weighted by Crippen LogP contribution is 2.25. The Kier molecular flexibility index (Phi) is 5.53. The van der Waals surface area contributed by atoms with Gasteiger partial charge in [-0.3, -0.25) is 9.78 Å². The maximum Gasteiger partial charge on any atom is 0.321 e. The molecule has 2 aromatic heterocycles. The van der Waals surface area contributed by atoms with Crippen molar-refractivity contribution in [2.24, 2.45) is 5.92 Å². The molecule has 0 spiro atoms. The molecule has 1 amide bonds. The van der Waals surface area contributed by atoms with Crippen LogP contribution in [-0.4, -0.2) is 38.8 Å². The molecule has 1 aromatic carbocycles. The topological polar surface area (TPSA) is 68.2 Å². The summed E-state index contributed by atoms with van der Waals surface area (Å²) in [6.07, 6.45) is 14.7.